The summed E-state index contributed by atoms with van der Waals surface area (Å²) in [6.07, 6.45) is 1.37. The SMILES string of the molecule is CCN1CCOC(CNC(=O)c2cc(Cl)ncc2Cl)C1. The number of morpholine rings is 1. The van der Waals surface area contributed by atoms with E-state index < -0.39 is 0 Å². The molecule has 0 aromatic carbocycles. The molecule has 5 nitrogen and oxygen atoms in total. The molecule has 1 unspecified atom stereocenters. The monoisotopic (exact) mass is 317 g/mol. The normalized spacial score (nSPS) is 19.9. The molecule has 0 saturated carbocycles. The molecule has 1 saturated heterocycles. The second kappa shape index (κ2) is 7.22. The zero-order chi connectivity index (χ0) is 14.5. The van der Waals surface area contributed by atoms with Crippen LogP contribution in [0.2, 0.25) is 10.2 Å². The first-order valence-corrected chi connectivity index (χ1v) is 7.29. The van der Waals surface area contributed by atoms with Gasteiger partial charge in [-0.15, -0.1) is 0 Å². The predicted octanol–water partition coefficient (Wildman–Crippen LogP) is 1.84. The number of hydrogen-bond acceptors (Lipinski definition) is 4. The summed E-state index contributed by atoms with van der Waals surface area (Å²) >= 11 is 11.7. The Kier molecular flexibility index (Phi) is 5.60. The van der Waals surface area contributed by atoms with E-state index in [2.05, 4.69) is 22.1 Å². The van der Waals surface area contributed by atoms with Crippen molar-refractivity contribution < 1.29 is 9.53 Å². The fourth-order valence-corrected chi connectivity index (χ4v) is 2.43. The van der Waals surface area contributed by atoms with Gasteiger partial charge in [-0.25, -0.2) is 4.98 Å². The van der Waals surface area contributed by atoms with Crippen LogP contribution in [0.15, 0.2) is 12.3 Å². The van der Waals surface area contributed by atoms with Crippen LogP contribution in [0.5, 0.6) is 0 Å². The first kappa shape index (κ1) is 15.5. The molecule has 1 fully saturated rings. The van der Waals surface area contributed by atoms with Crippen molar-refractivity contribution in [3.63, 3.8) is 0 Å². The lowest BCUT2D eigenvalue weighted by Crippen LogP contribution is -2.47. The van der Waals surface area contributed by atoms with Crippen molar-refractivity contribution >= 4 is 29.1 Å². The number of hydrogen-bond donors (Lipinski definition) is 1. The molecule has 1 aromatic heterocycles. The molecule has 1 aliphatic rings. The Balaban J connectivity index is 1.90. The largest absolute Gasteiger partial charge is 0.374 e. The van der Waals surface area contributed by atoms with E-state index in [1.807, 2.05) is 0 Å². The molecule has 7 heteroatoms. The van der Waals surface area contributed by atoms with Gasteiger partial charge < -0.3 is 10.1 Å². The van der Waals surface area contributed by atoms with E-state index in [4.69, 9.17) is 27.9 Å². The van der Waals surface area contributed by atoms with Gasteiger partial charge in [-0.05, 0) is 12.6 Å². The van der Waals surface area contributed by atoms with Gasteiger partial charge in [0.1, 0.15) is 5.15 Å². The third kappa shape index (κ3) is 4.06. The first-order chi connectivity index (χ1) is 9.60. The lowest BCUT2D eigenvalue weighted by atomic mass is 10.2. The standard InChI is InChI=1S/C13H17Cl2N3O2/c1-2-18-3-4-20-9(8-18)6-17-13(19)10-5-12(15)16-7-11(10)14/h5,7,9H,2-4,6,8H2,1H3,(H,17,19). The van der Waals surface area contributed by atoms with Gasteiger partial charge in [0.2, 0.25) is 0 Å². The van der Waals surface area contributed by atoms with E-state index in [0.717, 1.165) is 19.6 Å². The first-order valence-electron chi connectivity index (χ1n) is 6.53. The van der Waals surface area contributed by atoms with Gasteiger partial charge in [0.25, 0.3) is 5.91 Å². The van der Waals surface area contributed by atoms with Gasteiger partial charge in [0.05, 0.1) is 23.3 Å². The molecule has 0 radical (unpaired) electrons. The Bertz CT molecular complexity index is 485. The minimum Gasteiger partial charge on any atom is -0.374 e. The smallest absolute Gasteiger partial charge is 0.253 e. The van der Waals surface area contributed by atoms with Crippen LogP contribution in [0, 0.1) is 0 Å². The van der Waals surface area contributed by atoms with Crippen LogP contribution in [0.4, 0.5) is 0 Å². The molecule has 1 atom stereocenters. The van der Waals surface area contributed by atoms with Crippen LogP contribution in [0.3, 0.4) is 0 Å². The van der Waals surface area contributed by atoms with E-state index in [9.17, 15) is 4.79 Å². The van der Waals surface area contributed by atoms with E-state index >= 15 is 0 Å². The number of carbonyl (C=O) groups excluding carboxylic acids is 1. The molecule has 1 aliphatic heterocycles. The Morgan fingerprint density at radius 3 is 3.15 bits per heavy atom. The van der Waals surface area contributed by atoms with Crippen molar-refractivity contribution in [1.82, 2.24) is 15.2 Å². The van der Waals surface area contributed by atoms with Gasteiger partial charge in [-0.3, -0.25) is 9.69 Å². The van der Waals surface area contributed by atoms with Crippen molar-refractivity contribution in [2.75, 3.05) is 32.8 Å². The molecule has 0 spiro atoms. The van der Waals surface area contributed by atoms with Crippen molar-refractivity contribution in [1.29, 1.82) is 0 Å². The van der Waals surface area contributed by atoms with E-state index in [0.29, 0.717) is 18.7 Å². The molecule has 0 aliphatic carbocycles. The number of aromatic nitrogens is 1. The van der Waals surface area contributed by atoms with Crippen LogP contribution in [-0.2, 0) is 4.74 Å². The summed E-state index contributed by atoms with van der Waals surface area (Å²) in [4.78, 5) is 18.2. The molecule has 1 amide bonds. The number of nitrogens with zero attached hydrogens (tertiary/aromatic N) is 2. The zero-order valence-corrected chi connectivity index (χ0v) is 12.7. The predicted molar refractivity (Wildman–Crippen MR) is 78.4 cm³/mol. The molecule has 0 bridgehead atoms. The Labute approximate surface area is 128 Å². The third-order valence-corrected chi connectivity index (χ3v) is 3.73. The van der Waals surface area contributed by atoms with E-state index in [-0.39, 0.29) is 22.2 Å². The van der Waals surface area contributed by atoms with Crippen LogP contribution < -0.4 is 5.32 Å². The fourth-order valence-electron chi connectivity index (χ4n) is 2.08. The molecule has 1 aromatic rings. The van der Waals surface area contributed by atoms with Crippen molar-refractivity contribution in [3.8, 4) is 0 Å². The van der Waals surface area contributed by atoms with E-state index in [1.165, 1.54) is 12.3 Å². The average molecular weight is 318 g/mol. The highest BCUT2D eigenvalue weighted by Gasteiger charge is 2.20. The molecule has 20 heavy (non-hydrogen) atoms. The van der Waals surface area contributed by atoms with Gasteiger partial charge in [0.15, 0.2) is 0 Å². The quantitative estimate of drug-likeness (QED) is 0.861. The number of pyridine rings is 1. The third-order valence-electron chi connectivity index (χ3n) is 3.23. The summed E-state index contributed by atoms with van der Waals surface area (Å²) in [5.74, 6) is -0.267. The number of likely N-dealkylation sites (N-methyl/N-ethyl adjacent to an activating group) is 1. The van der Waals surface area contributed by atoms with Gasteiger partial charge in [0, 0.05) is 25.8 Å². The maximum Gasteiger partial charge on any atom is 0.253 e. The van der Waals surface area contributed by atoms with Crippen LogP contribution in [-0.4, -0.2) is 54.7 Å². The fraction of sp³-hybridized carbons (Fsp3) is 0.538. The highest BCUT2D eigenvalue weighted by molar-refractivity contribution is 6.35. The molecular weight excluding hydrogens is 301 g/mol. The number of halogens is 2. The summed E-state index contributed by atoms with van der Waals surface area (Å²) < 4.78 is 5.62. The summed E-state index contributed by atoms with van der Waals surface area (Å²) in [6, 6.07) is 1.46. The summed E-state index contributed by atoms with van der Waals surface area (Å²) in [7, 11) is 0. The van der Waals surface area contributed by atoms with Crippen LogP contribution >= 0.6 is 23.2 Å². The minimum absolute atomic E-state index is 0.00346. The van der Waals surface area contributed by atoms with Crippen molar-refractivity contribution in [2.24, 2.45) is 0 Å². The van der Waals surface area contributed by atoms with Crippen LogP contribution in [0.1, 0.15) is 17.3 Å². The van der Waals surface area contributed by atoms with Crippen molar-refractivity contribution in [3.05, 3.63) is 28.0 Å². The lowest BCUT2D eigenvalue weighted by molar-refractivity contribution is -0.0246. The van der Waals surface area contributed by atoms with Gasteiger partial charge in [-0.2, -0.15) is 0 Å². The topological polar surface area (TPSA) is 54.5 Å². The number of nitrogens with one attached hydrogen (secondary N) is 1. The van der Waals surface area contributed by atoms with Crippen LogP contribution in [0.25, 0.3) is 0 Å². The van der Waals surface area contributed by atoms with E-state index in [1.54, 1.807) is 0 Å². The number of ether oxygens (including phenoxy) is 1. The maximum absolute atomic E-state index is 12.1. The molecule has 1 N–H and O–H groups in total. The second-order valence-corrected chi connectivity index (χ2v) is 5.38. The molecule has 2 heterocycles. The second-order valence-electron chi connectivity index (χ2n) is 4.58. The summed E-state index contributed by atoms with van der Waals surface area (Å²) in [6.45, 7) is 6.00. The Morgan fingerprint density at radius 2 is 2.40 bits per heavy atom. The number of amides is 1. The Morgan fingerprint density at radius 1 is 1.60 bits per heavy atom. The maximum atomic E-state index is 12.1. The Hall–Kier alpha value is -0.880. The molecule has 2 rings (SSSR count). The highest BCUT2D eigenvalue weighted by atomic mass is 35.5. The number of rotatable bonds is 4. The summed E-state index contributed by atoms with van der Waals surface area (Å²) in [5, 5.41) is 3.35. The average Bonchev–Trinajstić information content (AvgIpc) is 2.47. The van der Waals surface area contributed by atoms with Gasteiger partial charge in [-0.1, -0.05) is 30.1 Å². The highest BCUT2D eigenvalue weighted by Crippen LogP contribution is 2.17. The zero-order valence-electron chi connectivity index (χ0n) is 11.2. The molecular formula is C13H17Cl2N3O2. The molecule has 110 valence electrons. The summed E-state index contributed by atoms with van der Waals surface area (Å²) in [5.41, 5.74) is 0.329. The minimum atomic E-state index is -0.267. The lowest BCUT2D eigenvalue weighted by Gasteiger charge is -2.32. The van der Waals surface area contributed by atoms with Gasteiger partial charge >= 0.3 is 0 Å². The number of carbonyl (C=O) groups is 1. The van der Waals surface area contributed by atoms with Crippen molar-refractivity contribution in [2.45, 2.75) is 13.0 Å².